The van der Waals surface area contributed by atoms with Gasteiger partial charge in [-0.1, -0.05) is 30.3 Å². The Morgan fingerprint density at radius 1 is 1.17 bits per heavy atom. The molecule has 150 valence electrons. The highest BCUT2D eigenvalue weighted by Gasteiger charge is 2.49. The Bertz CT molecular complexity index is 926. The maximum Gasteiger partial charge on any atom is 0.408 e. The zero-order valence-corrected chi connectivity index (χ0v) is 16.1. The summed E-state index contributed by atoms with van der Waals surface area (Å²) in [6.45, 7) is 0.263. The summed E-state index contributed by atoms with van der Waals surface area (Å²) in [4.78, 5) is 25.9. The van der Waals surface area contributed by atoms with Gasteiger partial charge in [-0.15, -0.1) is 0 Å². The van der Waals surface area contributed by atoms with Crippen LogP contribution in [-0.2, 0) is 22.7 Å². The number of benzene rings is 2. The zero-order chi connectivity index (χ0) is 20.8. The molecule has 0 spiro atoms. The van der Waals surface area contributed by atoms with Gasteiger partial charge in [-0.2, -0.15) is 5.26 Å². The fourth-order valence-electron chi connectivity index (χ4n) is 3.07. The molecule has 1 fully saturated rings. The minimum atomic E-state index is -0.937. The molecule has 0 aromatic heterocycles. The highest BCUT2D eigenvalue weighted by atomic mass is 16.5. The van der Waals surface area contributed by atoms with Crippen LogP contribution in [-0.4, -0.2) is 43.2 Å². The molecule has 2 aromatic carbocycles. The maximum atomic E-state index is 12.5. The number of amides is 2. The fourth-order valence-corrected chi connectivity index (χ4v) is 3.07. The van der Waals surface area contributed by atoms with Crippen molar-refractivity contribution in [3.63, 3.8) is 0 Å². The van der Waals surface area contributed by atoms with Crippen molar-refractivity contribution >= 4 is 12.0 Å². The number of nitrogens with one attached hydrogen (secondary N) is 1. The Kier molecular flexibility index (Phi) is 6.19. The first kappa shape index (κ1) is 20.0. The number of carbonyl (C=O) groups excluding carboxylic acids is 2. The summed E-state index contributed by atoms with van der Waals surface area (Å²) in [5.74, 6) is 0.816. The smallest absolute Gasteiger partial charge is 0.408 e. The molecule has 1 aliphatic rings. The van der Waals surface area contributed by atoms with E-state index in [1.165, 1.54) is 12.0 Å². The second-order valence-electron chi connectivity index (χ2n) is 6.40. The topological polar surface area (TPSA) is 101 Å². The van der Waals surface area contributed by atoms with Crippen LogP contribution in [0.4, 0.5) is 4.79 Å². The van der Waals surface area contributed by atoms with Crippen molar-refractivity contribution in [2.45, 2.75) is 25.2 Å². The van der Waals surface area contributed by atoms with Gasteiger partial charge in [0.05, 0.1) is 26.8 Å². The highest BCUT2D eigenvalue weighted by Crippen LogP contribution is 2.29. The lowest BCUT2D eigenvalue weighted by molar-refractivity contribution is -0.148. The number of hydrogen-bond acceptors (Lipinski definition) is 6. The molecular formula is C21H21N3O5. The van der Waals surface area contributed by atoms with Gasteiger partial charge in [0, 0.05) is 11.6 Å². The van der Waals surface area contributed by atoms with Crippen molar-refractivity contribution in [1.29, 1.82) is 5.26 Å². The third kappa shape index (κ3) is 4.41. The van der Waals surface area contributed by atoms with E-state index in [4.69, 9.17) is 14.2 Å². The summed E-state index contributed by atoms with van der Waals surface area (Å²) in [5.41, 5.74) is 1.56. The fraction of sp³-hybridized carbons (Fsp3) is 0.286. The standard InChI is InChI=1S/C21H21N3O5/c1-27-16-9-8-15(18(10-16)28-2)12-24-17(11-22)19(20(24)25)23-21(26)29-13-14-6-4-3-5-7-14/h3-10,17,19H,12-13H2,1-2H3,(H,23,26)/t17-,19+/m1/s1. The molecule has 8 heteroatoms. The molecule has 2 amide bonds. The number of carbonyl (C=O) groups is 2. The van der Waals surface area contributed by atoms with Gasteiger partial charge in [-0.05, 0) is 17.7 Å². The number of hydrogen-bond donors (Lipinski definition) is 1. The predicted octanol–water partition coefficient (Wildman–Crippen LogP) is 2.23. The first-order chi connectivity index (χ1) is 14.1. The van der Waals surface area contributed by atoms with E-state index in [0.29, 0.717) is 11.5 Å². The summed E-state index contributed by atoms with van der Waals surface area (Å²) in [7, 11) is 3.07. The van der Waals surface area contributed by atoms with E-state index in [0.717, 1.165) is 11.1 Å². The Hall–Kier alpha value is -3.73. The molecule has 1 aliphatic heterocycles. The van der Waals surface area contributed by atoms with E-state index < -0.39 is 18.2 Å². The Morgan fingerprint density at radius 3 is 2.59 bits per heavy atom. The van der Waals surface area contributed by atoms with Crippen molar-refractivity contribution < 1.29 is 23.8 Å². The summed E-state index contributed by atoms with van der Waals surface area (Å²) >= 11 is 0. The van der Waals surface area contributed by atoms with Crippen molar-refractivity contribution in [3.05, 3.63) is 59.7 Å². The molecule has 1 N–H and O–H groups in total. The Balaban J connectivity index is 1.60. The molecule has 2 aromatic rings. The molecule has 0 radical (unpaired) electrons. The molecule has 3 rings (SSSR count). The first-order valence-electron chi connectivity index (χ1n) is 8.95. The molecule has 2 atom stereocenters. The molecule has 0 unspecified atom stereocenters. The number of β-lactam (4-membered cyclic amide) rings is 1. The second-order valence-corrected chi connectivity index (χ2v) is 6.40. The lowest BCUT2D eigenvalue weighted by atomic mass is 9.95. The van der Waals surface area contributed by atoms with Crippen LogP contribution in [0.25, 0.3) is 0 Å². The Morgan fingerprint density at radius 2 is 1.93 bits per heavy atom. The number of nitrogens with zero attached hydrogens (tertiary/aromatic N) is 2. The van der Waals surface area contributed by atoms with Gasteiger partial charge in [0.15, 0.2) is 0 Å². The van der Waals surface area contributed by atoms with Crippen LogP contribution in [0, 0.1) is 11.3 Å². The van der Waals surface area contributed by atoms with Gasteiger partial charge in [0.1, 0.15) is 30.2 Å². The van der Waals surface area contributed by atoms with Gasteiger partial charge in [0.25, 0.3) is 0 Å². The highest BCUT2D eigenvalue weighted by molar-refractivity contribution is 5.93. The number of ether oxygens (including phenoxy) is 3. The molecule has 0 saturated carbocycles. The van der Waals surface area contributed by atoms with Crippen molar-refractivity contribution in [2.24, 2.45) is 0 Å². The molecular weight excluding hydrogens is 374 g/mol. The van der Waals surface area contributed by atoms with Gasteiger partial charge in [0.2, 0.25) is 5.91 Å². The molecule has 1 heterocycles. The van der Waals surface area contributed by atoms with E-state index in [-0.39, 0.29) is 19.1 Å². The van der Waals surface area contributed by atoms with Crippen LogP contribution in [0.2, 0.25) is 0 Å². The Labute approximate surface area is 168 Å². The number of likely N-dealkylation sites (tertiary alicyclic amines) is 1. The SMILES string of the molecule is COc1ccc(CN2C(=O)[C@@H](NC(=O)OCc3ccccc3)[C@H]2C#N)c(OC)c1. The molecule has 29 heavy (non-hydrogen) atoms. The number of alkyl carbamates (subject to hydrolysis) is 1. The van der Waals surface area contributed by atoms with Crippen LogP contribution in [0.5, 0.6) is 11.5 Å². The van der Waals surface area contributed by atoms with E-state index in [2.05, 4.69) is 11.4 Å². The summed E-state index contributed by atoms with van der Waals surface area (Å²) in [6.07, 6.45) is -0.742. The maximum absolute atomic E-state index is 12.5. The van der Waals surface area contributed by atoms with Crippen LogP contribution < -0.4 is 14.8 Å². The van der Waals surface area contributed by atoms with Gasteiger partial charge >= 0.3 is 6.09 Å². The normalized spacial score (nSPS) is 17.7. The molecule has 0 bridgehead atoms. The van der Waals surface area contributed by atoms with Crippen molar-refractivity contribution in [2.75, 3.05) is 14.2 Å². The molecule has 1 saturated heterocycles. The lowest BCUT2D eigenvalue weighted by Gasteiger charge is -2.43. The summed E-state index contributed by atoms with van der Waals surface area (Å²) < 4.78 is 15.6. The second kappa shape index (κ2) is 8.97. The molecule has 0 aliphatic carbocycles. The molecule has 8 nitrogen and oxygen atoms in total. The average molecular weight is 395 g/mol. The number of methoxy groups -OCH3 is 2. The van der Waals surface area contributed by atoms with Crippen LogP contribution >= 0.6 is 0 Å². The third-order valence-electron chi connectivity index (χ3n) is 4.65. The largest absolute Gasteiger partial charge is 0.497 e. The van der Waals surface area contributed by atoms with Crippen LogP contribution in [0.3, 0.4) is 0 Å². The van der Waals surface area contributed by atoms with E-state index in [1.54, 1.807) is 25.3 Å². The van der Waals surface area contributed by atoms with Gasteiger partial charge in [-0.3, -0.25) is 4.79 Å². The minimum absolute atomic E-state index is 0.0809. The number of rotatable bonds is 7. The zero-order valence-electron chi connectivity index (χ0n) is 16.1. The third-order valence-corrected chi connectivity index (χ3v) is 4.65. The van der Waals surface area contributed by atoms with Gasteiger partial charge < -0.3 is 24.4 Å². The van der Waals surface area contributed by atoms with E-state index >= 15 is 0 Å². The summed E-state index contributed by atoms with van der Waals surface area (Å²) in [5, 5.41) is 11.9. The minimum Gasteiger partial charge on any atom is -0.497 e. The first-order valence-corrected chi connectivity index (χ1v) is 8.95. The number of nitriles is 1. The lowest BCUT2D eigenvalue weighted by Crippen LogP contribution is -2.69. The van der Waals surface area contributed by atoms with Gasteiger partial charge in [-0.25, -0.2) is 4.79 Å². The van der Waals surface area contributed by atoms with Crippen molar-refractivity contribution in [3.8, 4) is 17.6 Å². The summed E-state index contributed by atoms with van der Waals surface area (Å²) in [6, 6.07) is 14.7. The quantitative estimate of drug-likeness (QED) is 0.722. The van der Waals surface area contributed by atoms with E-state index in [9.17, 15) is 14.9 Å². The van der Waals surface area contributed by atoms with Crippen molar-refractivity contribution in [1.82, 2.24) is 10.2 Å². The predicted molar refractivity (Wildman–Crippen MR) is 103 cm³/mol. The monoisotopic (exact) mass is 395 g/mol. The average Bonchev–Trinajstić information content (AvgIpc) is 2.77. The van der Waals surface area contributed by atoms with Crippen LogP contribution in [0.1, 0.15) is 11.1 Å². The van der Waals surface area contributed by atoms with E-state index in [1.807, 2.05) is 30.3 Å². The van der Waals surface area contributed by atoms with Crippen LogP contribution in [0.15, 0.2) is 48.5 Å².